The van der Waals surface area contributed by atoms with Crippen molar-refractivity contribution in [3.8, 4) is 0 Å². The van der Waals surface area contributed by atoms with Crippen LogP contribution in [-0.4, -0.2) is 18.9 Å². The number of hydrogen-bond acceptors (Lipinski definition) is 2. The van der Waals surface area contributed by atoms with Crippen molar-refractivity contribution in [3.05, 3.63) is 0 Å². The predicted octanol–water partition coefficient (Wildman–Crippen LogP) is 0.571. The Kier molecular flexibility index (Phi) is 8.41. The molecule has 0 saturated heterocycles. The molecule has 0 aromatic carbocycles. The Morgan fingerprint density at radius 3 is 2.22 bits per heavy atom. The smallest absolute Gasteiger partial charge is 0.131 e. The second-order valence-electron chi connectivity index (χ2n) is 2.10. The van der Waals surface area contributed by atoms with Crippen LogP contribution < -0.4 is 5.32 Å². The maximum absolute atomic E-state index is 10.4. The van der Waals surface area contributed by atoms with Gasteiger partial charge in [-0.05, 0) is 20.9 Å². The van der Waals surface area contributed by atoms with Gasteiger partial charge in [-0.25, -0.2) is 0 Å². The van der Waals surface area contributed by atoms with Crippen molar-refractivity contribution in [2.75, 3.05) is 7.05 Å². The Balaban J connectivity index is 0. The van der Waals surface area contributed by atoms with E-state index in [0.717, 1.165) is 0 Å². The van der Waals surface area contributed by atoms with Crippen molar-refractivity contribution < 1.29 is 23.4 Å². The molecule has 1 radical (unpaired) electrons. The standard InChI is InChI=1S/C6H13NO.V/c1-5(7-3)4-6(2)8;/h5,7H,4H2,1-3H3;. The quantitative estimate of drug-likeness (QED) is 0.664. The molecule has 0 aliphatic heterocycles. The van der Waals surface area contributed by atoms with Gasteiger partial charge in [0.25, 0.3) is 0 Å². The molecular formula is C6H13NOV. The van der Waals surface area contributed by atoms with Gasteiger partial charge in [0.2, 0.25) is 0 Å². The van der Waals surface area contributed by atoms with E-state index in [1.807, 2.05) is 14.0 Å². The van der Waals surface area contributed by atoms with Gasteiger partial charge in [-0.2, -0.15) is 0 Å². The average molecular weight is 166 g/mol. The first-order chi connectivity index (χ1) is 3.66. The maximum Gasteiger partial charge on any atom is 0.131 e. The minimum absolute atomic E-state index is 0. The molecule has 0 heterocycles. The Morgan fingerprint density at radius 2 is 2.11 bits per heavy atom. The van der Waals surface area contributed by atoms with Crippen molar-refractivity contribution in [1.29, 1.82) is 0 Å². The van der Waals surface area contributed by atoms with Crippen LogP contribution in [0.2, 0.25) is 0 Å². The summed E-state index contributed by atoms with van der Waals surface area (Å²) < 4.78 is 0. The van der Waals surface area contributed by atoms with E-state index in [0.29, 0.717) is 12.5 Å². The van der Waals surface area contributed by atoms with Crippen molar-refractivity contribution in [2.45, 2.75) is 26.3 Å². The first-order valence-corrected chi connectivity index (χ1v) is 2.83. The third kappa shape index (κ3) is 8.21. The predicted molar refractivity (Wildman–Crippen MR) is 33.8 cm³/mol. The van der Waals surface area contributed by atoms with Crippen LogP contribution in [0.1, 0.15) is 20.3 Å². The number of rotatable bonds is 3. The molecule has 1 N–H and O–H groups in total. The maximum atomic E-state index is 10.4. The van der Waals surface area contributed by atoms with E-state index in [-0.39, 0.29) is 24.3 Å². The zero-order valence-corrected chi connectivity index (χ0v) is 7.54. The molecule has 0 bridgehead atoms. The molecule has 1 atom stereocenters. The summed E-state index contributed by atoms with van der Waals surface area (Å²) in [7, 11) is 1.85. The number of nitrogens with one attached hydrogen (secondary N) is 1. The third-order valence-corrected chi connectivity index (χ3v) is 1.09. The van der Waals surface area contributed by atoms with Crippen molar-refractivity contribution in [3.63, 3.8) is 0 Å². The van der Waals surface area contributed by atoms with Crippen LogP contribution in [0.25, 0.3) is 0 Å². The molecule has 3 heteroatoms. The molecular weight excluding hydrogens is 153 g/mol. The van der Waals surface area contributed by atoms with Crippen LogP contribution in [0.15, 0.2) is 0 Å². The second-order valence-corrected chi connectivity index (χ2v) is 2.10. The van der Waals surface area contributed by atoms with Gasteiger partial charge >= 0.3 is 0 Å². The summed E-state index contributed by atoms with van der Waals surface area (Å²) in [5.74, 6) is 0.242. The van der Waals surface area contributed by atoms with Crippen LogP contribution in [-0.2, 0) is 23.4 Å². The Bertz CT molecular complexity index is 85.1. The number of carbonyl (C=O) groups excluding carboxylic acids is 1. The molecule has 2 nitrogen and oxygen atoms in total. The van der Waals surface area contributed by atoms with Crippen LogP contribution >= 0.6 is 0 Å². The van der Waals surface area contributed by atoms with E-state index >= 15 is 0 Å². The van der Waals surface area contributed by atoms with Gasteiger partial charge < -0.3 is 5.32 Å². The minimum atomic E-state index is 0. The molecule has 0 aliphatic rings. The van der Waals surface area contributed by atoms with Gasteiger partial charge in [0.05, 0.1) is 0 Å². The van der Waals surface area contributed by atoms with E-state index < -0.39 is 0 Å². The topological polar surface area (TPSA) is 29.1 Å². The molecule has 0 saturated carbocycles. The SMILES string of the molecule is CNC(C)CC(C)=O.[V]. The Labute approximate surface area is 68.3 Å². The summed E-state index contributed by atoms with van der Waals surface area (Å²) in [5.41, 5.74) is 0. The molecule has 53 valence electrons. The van der Waals surface area contributed by atoms with Gasteiger partial charge in [-0.3, -0.25) is 4.79 Å². The normalized spacial score (nSPS) is 11.9. The number of Topliss-reactive ketones (excluding diaryl/α,β-unsaturated/α-hetero) is 1. The average Bonchev–Trinajstić information content (AvgIpc) is 1.65. The fraction of sp³-hybridized carbons (Fsp3) is 0.833. The molecule has 0 aromatic rings. The number of hydrogen-bond donors (Lipinski definition) is 1. The fourth-order valence-corrected chi connectivity index (χ4v) is 0.533. The van der Waals surface area contributed by atoms with E-state index in [9.17, 15) is 4.79 Å². The van der Waals surface area contributed by atoms with Crippen LogP contribution in [0.5, 0.6) is 0 Å². The molecule has 9 heavy (non-hydrogen) atoms. The summed E-state index contributed by atoms with van der Waals surface area (Å²) in [6.45, 7) is 3.59. The van der Waals surface area contributed by atoms with E-state index in [2.05, 4.69) is 5.32 Å². The summed E-state index contributed by atoms with van der Waals surface area (Å²) in [6.07, 6.45) is 0.635. The van der Waals surface area contributed by atoms with Gasteiger partial charge in [0, 0.05) is 31.0 Å². The number of ketones is 1. The largest absolute Gasteiger partial charge is 0.317 e. The Morgan fingerprint density at radius 1 is 1.67 bits per heavy atom. The first kappa shape index (κ1) is 11.9. The summed E-state index contributed by atoms with van der Waals surface area (Å²) in [4.78, 5) is 10.4. The van der Waals surface area contributed by atoms with E-state index in [4.69, 9.17) is 0 Å². The molecule has 0 spiro atoms. The van der Waals surface area contributed by atoms with Crippen molar-refractivity contribution >= 4 is 5.78 Å². The minimum Gasteiger partial charge on any atom is -0.317 e. The van der Waals surface area contributed by atoms with Gasteiger partial charge in [0.1, 0.15) is 5.78 Å². The summed E-state index contributed by atoms with van der Waals surface area (Å²) in [5, 5.41) is 2.98. The van der Waals surface area contributed by atoms with Crippen molar-refractivity contribution in [2.24, 2.45) is 0 Å². The molecule has 0 aliphatic carbocycles. The van der Waals surface area contributed by atoms with Gasteiger partial charge in [-0.1, -0.05) is 0 Å². The van der Waals surface area contributed by atoms with Crippen LogP contribution in [0.3, 0.4) is 0 Å². The first-order valence-electron chi connectivity index (χ1n) is 2.83. The molecule has 0 amide bonds. The molecule has 0 rings (SSSR count). The monoisotopic (exact) mass is 166 g/mol. The molecule has 0 aromatic heterocycles. The zero-order valence-electron chi connectivity index (χ0n) is 6.14. The third-order valence-electron chi connectivity index (χ3n) is 1.09. The van der Waals surface area contributed by atoms with E-state index in [1.165, 1.54) is 0 Å². The fourth-order valence-electron chi connectivity index (χ4n) is 0.533. The zero-order chi connectivity index (χ0) is 6.57. The van der Waals surface area contributed by atoms with Crippen LogP contribution in [0.4, 0.5) is 0 Å². The van der Waals surface area contributed by atoms with Gasteiger partial charge in [-0.15, -0.1) is 0 Å². The van der Waals surface area contributed by atoms with Crippen LogP contribution in [0, 0.1) is 0 Å². The van der Waals surface area contributed by atoms with Gasteiger partial charge in [0.15, 0.2) is 0 Å². The summed E-state index contributed by atoms with van der Waals surface area (Å²) >= 11 is 0. The molecule has 0 fully saturated rings. The number of carbonyl (C=O) groups is 1. The summed E-state index contributed by atoms with van der Waals surface area (Å²) in [6, 6.07) is 0.326. The Hall–Kier alpha value is 0.214. The molecule has 1 unspecified atom stereocenters. The van der Waals surface area contributed by atoms with Crippen molar-refractivity contribution in [1.82, 2.24) is 5.32 Å². The second kappa shape index (κ2) is 6.34. The van der Waals surface area contributed by atoms with E-state index in [1.54, 1.807) is 6.92 Å².